The minimum atomic E-state index is -2.80. The summed E-state index contributed by atoms with van der Waals surface area (Å²) in [4.78, 5) is 13.0. The smallest absolute Gasteiger partial charge is 0.280 e. The van der Waals surface area contributed by atoms with Crippen LogP contribution in [0.15, 0.2) is 69.1 Å². The van der Waals surface area contributed by atoms with Crippen LogP contribution < -0.4 is 9.95 Å². The lowest BCUT2D eigenvalue weighted by atomic mass is 10.2. The fraction of sp³-hybridized carbons (Fsp3) is 0. The Labute approximate surface area is 164 Å². The van der Waals surface area contributed by atoms with Gasteiger partial charge in [0.15, 0.2) is 0 Å². The highest BCUT2D eigenvalue weighted by molar-refractivity contribution is 8.61. The van der Waals surface area contributed by atoms with Crippen LogP contribution in [-0.2, 0) is 11.8 Å². The molecule has 0 spiro atoms. The summed E-state index contributed by atoms with van der Waals surface area (Å²) in [6.45, 7) is 0. The standard InChI is InChI=1S/C17H11N2O3PS3/c20-16-11(10-21-14-7-3-1-5-12(14)16)9-18-19-17(24)13-6-2-4-8-15(13)22-23(19,25)26/h1-10H,(H,25,26). The van der Waals surface area contributed by atoms with Crippen molar-refractivity contribution in [3.63, 3.8) is 0 Å². The molecule has 26 heavy (non-hydrogen) atoms. The molecule has 0 fully saturated rings. The van der Waals surface area contributed by atoms with Crippen molar-refractivity contribution < 1.29 is 8.94 Å². The SMILES string of the molecule is O=c1c(C=NN2C(=S)c3ccccc3OP2(=S)S)coc2ccccc12. The number of hydrazone groups is 1. The summed E-state index contributed by atoms with van der Waals surface area (Å²) >= 11 is 15.4. The summed E-state index contributed by atoms with van der Waals surface area (Å²) in [5.41, 5.74) is -1.48. The average Bonchev–Trinajstić information content (AvgIpc) is 2.63. The van der Waals surface area contributed by atoms with E-state index in [9.17, 15) is 4.79 Å². The lowest BCUT2D eigenvalue weighted by Crippen LogP contribution is -2.27. The second-order valence-corrected chi connectivity index (χ2v) is 11.3. The van der Waals surface area contributed by atoms with Gasteiger partial charge in [0.05, 0.1) is 22.7 Å². The highest BCUT2D eigenvalue weighted by Crippen LogP contribution is 2.60. The van der Waals surface area contributed by atoms with E-state index in [1.807, 2.05) is 18.2 Å². The Kier molecular flexibility index (Phi) is 4.44. The second-order valence-electron chi connectivity index (χ2n) is 5.43. The van der Waals surface area contributed by atoms with E-state index >= 15 is 0 Å². The van der Waals surface area contributed by atoms with Gasteiger partial charge in [-0.1, -0.05) is 48.7 Å². The maximum atomic E-state index is 12.6. The molecular formula is C17H11N2O3PS3. The number of benzene rings is 2. The van der Waals surface area contributed by atoms with Crippen LogP contribution in [-0.4, -0.2) is 16.0 Å². The fourth-order valence-corrected chi connectivity index (χ4v) is 5.72. The summed E-state index contributed by atoms with van der Waals surface area (Å²) in [6, 6.07) is 14.3. The molecule has 1 aliphatic rings. The number of fused-ring (bicyclic) bond motifs is 2. The van der Waals surface area contributed by atoms with E-state index in [0.717, 1.165) is 0 Å². The molecule has 0 saturated heterocycles. The summed E-state index contributed by atoms with van der Waals surface area (Å²) in [6.07, 6.45) is 2.73. The van der Waals surface area contributed by atoms with Crippen molar-refractivity contribution in [3.8, 4) is 5.75 Å². The average molecular weight is 418 g/mol. The van der Waals surface area contributed by atoms with Crippen molar-refractivity contribution in [3.05, 3.63) is 76.1 Å². The first-order valence-electron chi connectivity index (χ1n) is 7.48. The Hall–Kier alpha value is -1.99. The molecule has 0 saturated carbocycles. The molecule has 1 aliphatic heterocycles. The van der Waals surface area contributed by atoms with E-state index in [1.54, 1.807) is 30.3 Å². The van der Waals surface area contributed by atoms with Crippen molar-refractivity contribution in [2.24, 2.45) is 5.10 Å². The Morgan fingerprint density at radius 3 is 2.73 bits per heavy atom. The first kappa shape index (κ1) is 17.4. The Morgan fingerprint density at radius 2 is 1.88 bits per heavy atom. The number of rotatable bonds is 2. The first-order valence-corrected chi connectivity index (χ1v) is 11.7. The number of para-hydroxylation sites is 2. The maximum absolute atomic E-state index is 12.6. The Balaban J connectivity index is 1.75. The van der Waals surface area contributed by atoms with Gasteiger partial charge in [-0.25, -0.2) is 0 Å². The van der Waals surface area contributed by atoms with Crippen LogP contribution >= 0.6 is 30.1 Å². The third-order valence-electron chi connectivity index (χ3n) is 3.77. The monoisotopic (exact) mass is 418 g/mol. The Morgan fingerprint density at radius 1 is 1.15 bits per heavy atom. The van der Waals surface area contributed by atoms with E-state index in [0.29, 0.717) is 27.3 Å². The predicted octanol–water partition coefficient (Wildman–Crippen LogP) is 4.35. The van der Waals surface area contributed by atoms with Gasteiger partial charge in [0.25, 0.3) is 5.62 Å². The van der Waals surface area contributed by atoms with Crippen LogP contribution in [0.4, 0.5) is 0 Å². The first-order chi connectivity index (χ1) is 12.5. The molecule has 1 atom stereocenters. The molecule has 5 nitrogen and oxygen atoms in total. The summed E-state index contributed by atoms with van der Waals surface area (Å²) in [5, 5.41) is 4.78. The van der Waals surface area contributed by atoms with Gasteiger partial charge in [-0.3, -0.25) is 4.79 Å². The second kappa shape index (κ2) is 6.63. The Bertz CT molecular complexity index is 1180. The van der Waals surface area contributed by atoms with Crippen molar-refractivity contribution in [1.29, 1.82) is 0 Å². The van der Waals surface area contributed by atoms with Gasteiger partial charge in [-0.15, -0.1) is 0 Å². The topological polar surface area (TPSA) is 55.0 Å². The van der Waals surface area contributed by atoms with E-state index in [-0.39, 0.29) is 11.0 Å². The van der Waals surface area contributed by atoms with E-state index in [1.165, 1.54) is 17.3 Å². The van der Waals surface area contributed by atoms with Gasteiger partial charge in [-0.2, -0.15) is 9.88 Å². The zero-order valence-electron chi connectivity index (χ0n) is 13.1. The number of hydrogen-bond donors (Lipinski definition) is 1. The number of thiol groups is 1. The molecule has 0 radical (unpaired) electrons. The van der Waals surface area contributed by atoms with E-state index in [2.05, 4.69) is 17.4 Å². The number of nitrogens with zero attached hydrogens (tertiary/aromatic N) is 2. The minimum Gasteiger partial charge on any atom is -0.463 e. The minimum absolute atomic E-state index is 0.188. The third kappa shape index (κ3) is 2.99. The van der Waals surface area contributed by atoms with Crippen molar-refractivity contribution in [2.75, 3.05) is 0 Å². The van der Waals surface area contributed by atoms with Gasteiger partial charge >= 0.3 is 0 Å². The quantitative estimate of drug-likeness (QED) is 0.289. The molecule has 0 bridgehead atoms. The van der Waals surface area contributed by atoms with Crippen molar-refractivity contribution in [1.82, 2.24) is 4.78 Å². The lowest BCUT2D eigenvalue weighted by molar-refractivity contribution is 0.545. The molecule has 1 unspecified atom stereocenters. The highest BCUT2D eigenvalue weighted by atomic mass is 32.9. The van der Waals surface area contributed by atoms with Gasteiger partial charge in [0, 0.05) is 0 Å². The van der Waals surface area contributed by atoms with Gasteiger partial charge < -0.3 is 8.94 Å². The molecule has 130 valence electrons. The molecule has 4 rings (SSSR count). The third-order valence-corrected chi connectivity index (χ3v) is 6.95. The van der Waals surface area contributed by atoms with Crippen LogP contribution in [0.2, 0.25) is 0 Å². The van der Waals surface area contributed by atoms with Crippen LogP contribution in [0.25, 0.3) is 11.0 Å². The summed E-state index contributed by atoms with van der Waals surface area (Å²) in [7, 11) is 0. The van der Waals surface area contributed by atoms with Crippen molar-refractivity contribution >= 4 is 64.1 Å². The van der Waals surface area contributed by atoms with Crippen LogP contribution in [0.1, 0.15) is 11.1 Å². The van der Waals surface area contributed by atoms with Crippen LogP contribution in [0.3, 0.4) is 0 Å². The van der Waals surface area contributed by atoms with Crippen molar-refractivity contribution in [2.45, 2.75) is 0 Å². The summed E-state index contributed by atoms with van der Waals surface area (Å²) in [5.74, 6) is 0.590. The van der Waals surface area contributed by atoms with E-state index < -0.39 is 5.62 Å². The van der Waals surface area contributed by atoms with Gasteiger partial charge in [0.2, 0.25) is 5.43 Å². The molecular weight excluding hydrogens is 407 g/mol. The van der Waals surface area contributed by atoms with E-state index in [4.69, 9.17) is 33.0 Å². The molecule has 0 amide bonds. The number of thiocarbonyl (C=S) groups is 1. The van der Waals surface area contributed by atoms with Crippen LogP contribution in [0.5, 0.6) is 5.75 Å². The molecule has 2 aromatic carbocycles. The molecule has 0 aliphatic carbocycles. The van der Waals surface area contributed by atoms with Gasteiger partial charge in [-0.05, 0) is 36.1 Å². The molecule has 9 heteroatoms. The van der Waals surface area contributed by atoms with Crippen LogP contribution in [0, 0.1) is 0 Å². The largest absolute Gasteiger partial charge is 0.463 e. The molecule has 0 N–H and O–H groups in total. The molecule has 3 aromatic rings. The highest BCUT2D eigenvalue weighted by Gasteiger charge is 2.34. The number of hydrogen-bond acceptors (Lipinski definition) is 6. The zero-order chi connectivity index (χ0) is 18.3. The fourth-order valence-electron chi connectivity index (χ4n) is 2.53. The zero-order valence-corrected chi connectivity index (χ0v) is 16.5. The molecule has 1 aromatic heterocycles. The summed E-state index contributed by atoms with van der Waals surface area (Å²) < 4.78 is 12.7. The maximum Gasteiger partial charge on any atom is 0.280 e. The normalized spacial score (nSPS) is 19.6. The molecule has 2 heterocycles. The lowest BCUT2D eigenvalue weighted by Gasteiger charge is -2.34. The van der Waals surface area contributed by atoms with Gasteiger partial charge in [0.1, 0.15) is 22.6 Å². The predicted molar refractivity (Wildman–Crippen MR) is 114 cm³/mol.